The third-order valence-corrected chi connectivity index (χ3v) is 9.21. The van der Waals surface area contributed by atoms with E-state index in [2.05, 4.69) is 16.8 Å². The Morgan fingerprint density at radius 2 is 1.81 bits per heavy atom. The number of thioether (sulfide) groups is 1. The number of para-hydroxylation sites is 1. The molecule has 9 heteroatoms. The zero-order valence-corrected chi connectivity index (χ0v) is 19.7. The smallest absolute Gasteiger partial charge is 0.245 e. The van der Waals surface area contributed by atoms with Crippen molar-refractivity contribution in [3.63, 3.8) is 0 Å². The van der Waals surface area contributed by atoms with Gasteiger partial charge >= 0.3 is 0 Å². The molecule has 1 aliphatic rings. The number of piperidine rings is 1. The van der Waals surface area contributed by atoms with E-state index in [-0.39, 0.29) is 29.8 Å². The highest BCUT2D eigenvalue weighted by molar-refractivity contribution is 7.98. The molecular formula is C23H23FN2O3S3. The van der Waals surface area contributed by atoms with E-state index < -0.39 is 15.8 Å². The summed E-state index contributed by atoms with van der Waals surface area (Å²) in [5.74, 6) is -0.347. The zero-order chi connectivity index (χ0) is 22.6. The van der Waals surface area contributed by atoms with Gasteiger partial charge in [0.1, 0.15) is 10.7 Å². The van der Waals surface area contributed by atoms with Crippen molar-refractivity contribution >= 4 is 44.7 Å². The molecule has 5 nitrogen and oxygen atoms in total. The molecular weight excluding hydrogens is 467 g/mol. The molecule has 32 heavy (non-hydrogen) atoms. The van der Waals surface area contributed by atoms with Crippen molar-refractivity contribution in [2.45, 2.75) is 28.4 Å². The van der Waals surface area contributed by atoms with E-state index in [1.54, 1.807) is 23.1 Å². The maximum absolute atomic E-state index is 14.0. The molecule has 0 saturated carbocycles. The van der Waals surface area contributed by atoms with E-state index in [0.717, 1.165) is 22.4 Å². The zero-order valence-electron chi connectivity index (χ0n) is 17.2. The van der Waals surface area contributed by atoms with Gasteiger partial charge in [0.2, 0.25) is 15.9 Å². The lowest BCUT2D eigenvalue weighted by atomic mass is 9.97. The van der Waals surface area contributed by atoms with Crippen LogP contribution >= 0.6 is 23.1 Å². The normalized spacial score (nSPS) is 15.5. The van der Waals surface area contributed by atoms with Gasteiger partial charge in [-0.05, 0) is 59.5 Å². The molecule has 4 rings (SSSR count). The van der Waals surface area contributed by atoms with Crippen molar-refractivity contribution in [3.8, 4) is 0 Å². The second kappa shape index (κ2) is 10.2. The summed E-state index contributed by atoms with van der Waals surface area (Å²) in [7, 11) is -3.91. The highest BCUT2D eigenvalue weighted by atomic mass is 32.2. The molecule has 0 spiro atoms. The molecule has 1 fully saturated rings. The molecule has 1 aromatic heterocycles. The number of thiophene rings is 1. The highest BCUT2D eigenvalue weighted by Gasteiger charge is 2.33. The number of benzene rings is 2. The molecule has 2 heterocycles. The average Bonchev–Trinajstić information content (AvgIpc) is 3.32. The van der Waals surface area contributed by atoms with Crippen molar-refractivity contribution in [1.82, 2.24) is 4.31 Å². The number of hydrogen-bond donors (Lipinski definition) is 1. The highest BCUT2D eigenvalue weighted by Crippen LogP contribution is 2.32. The fourth-order valence-electron chi connectivity index (χ4n) is 3.62. The largest absolute Gasteiger partial charge is 0.325 e. The summed E-state index contributed by atoms with van der Waals surface area (Å²) in [6.45, 7) is 0.368. The lowest BCUT2D eigenvalue weighted by molar-refractivity contribution is -0.120. The van der Waals surface area contributed by atoms with Crippen molar-refractivity contribution in [2.75, 3.05) is 18.4 Å². The first-order valence-electron chi connectivity index (χ1n) is 10.2. The Morgan fingerprint density at radius 3 is 2.53 bits per heavy atom. The van der Waals surface area contributed by atoms with Crippen molar-refractivity contribution in [2.24, 2.45) is 5.92 Å². The number of carbonyl (C=O) groups excluding carboxylic acids is 1. The van der Waals surface area contributed by atoms with E-state index in [9.17, 15) is 17.6 Å². The van der Waals surface area contributed by atoms with Crippen LogP contribution in [0.4, 0.5) is 10.1 Å². The number of amides is 1. The number of carbonyl (C=O) groups is 1. The van der Waals surface area contributed by atoms with Gasteiger partial charge in [-0.25, -0.2) is 12.8 Å². The summed E-state index contributed by atoms with van der Waals surface area (Å²) in [4.78, 5) is 13.6. The summed E-state index contributed by atoms with van der Waals surface area (Å²) < 4.78 is 40.8. The second-order valence-electron chi connectivity index (χ2n) is 7.51. The van der Waals surface area contributed by atoms with E-state index >= 15 is 0 Å². The van der Waals surface area contributed by atoms with Gasteiger partial charge in [0.25, 0.3) is 0 Å². The fraction of sp³-hybridized carbons (Fsp3) is 0.261. The topological polar surface area (TPSA) is 66.5 Å². The van der Waals surface area contributed by atoms with Gasteiger partial charge in [-0.15, -0.1) is 11.8 Å². The predicted octanol–water partition coefficient (Wildman–Crippen LogP) is 5.22. The van der Waals surface area contributed by atoms with E-state index in [4.69, 9.17) is 0 Å². The van der Waals surface area contributed by atoms with Gasteiger partial charge in [-0.3, -0.25) is 4.79 Å². The Bertz CT molecular complexity index is 1170. The molecule has 168 valence electrons. The van der Waals surface area contributed by atoms with Crippen molar-refractivity contribution in [3.05, 3.63) is 76.7 Å². The summed E-state index contributed by atoms with van der Waals surface area (Å²) in [5.41, 5.74) is 2.00. The van der Waals surface area contributed by atoms with Crippen LogP contribution in [0.25, 0.3) is 0 Å². The van der Waals surface area contributed by atoms with Gasteiger partial charge < -0.3 is 5.32 Å². The van der Waals surface area contributed by atoms with Crippen LogP contribution in [0.5, 0.6) is 0 Å². The molecule has 0 bridgehead atoms. The molecule has 0 atom stereocenters. The predicted molar refractivity (Wildman–Crippen MR) is 127 cm³/mol. The Labute approximate surface area is 195 Å². The Morgan fingerprint density at radius 1 is 1.09 bits per heavy atom. The Kier molecular flexibility index (Phi) is 7.30. The van der Waals surface area contributed by atoms with Crippen LogP contribution < -0.4 is 5.32 Å². The van der Waals surface area contributed by atoms with E-state index in [1.165, 1.54) is 28.1 Å². The molecule has 1 aliphatic heterocycles. The van der Waals surface area contributed by atoms with Crippen LogP contribution in [0, 0.1) is 11.7 Å². The number of rotatable bonds is 7. The lowest BCUT2D eigenvalue weighted by Gasteiger charge is -2.30. The quantitative estimate of drug-likeness (QED) is 0.461. The number of hydrogen-bond acceptors (Lipinski definition) is 5. The summed E-state index contributed by atoms with van der Waals surface area (Å²) in [6, 6.07) is 15.1. The first kappa shape index (κ1) is 23.0. The number of anilines is 1. The summed E-state index contributed by atoms with van der Waals surface area (Å²) in [6.07, 6.45) is 0.785. The van der Waals surface area contributed by atoms with Gasteiger partial charge in [0.15, 0.2) is 0 Å². The number of halogens is 1. The Balaban J connectivity index is 1.37. The molecule has 0 unspecified atom stereocenters. The van der Waals surface area contributed by atoms with Crippen LogP contribution in [0.15, 0.2) is 75.1 Å². The maximum Gasteiger partial charge on any atom is 0.245 e. The van der Waals surface area contributed by atoms with Crippen LogP contribution in [-0.2, 0) is 20.6 Å². The van der Waals surface area contributed by atoms with Gasteiger partial charge in [0, 0.05) is 29.7 Å². The van der Waals surface area contributed by atoms with Crippen LogP contribution in [0.2, 0.25) is 0 Å². The van der Waals surface area contributed by atoms with Gasteiger partial charge in [-0.1, -0.05) is 24.3 Å². The lowest BCUT2D eigenvalue weighted by Crippen LogP contribution is -2.41. The molecule has 1 saturated heterocycles. The fourth-order valence-corrected chi connectivity index (χ4v) is 6.88. The molecule has 1 amide bonds. The minimum Gasteiger partial charge on any atom is -0.325 e. The monoisotopic (exact) mass is 490 g/mol. The van der Waals surface area contributed by atoms with Crippen LogP contribution in [0.1, 0.15) is 18.4 Å². The molecule has 0 radical (unpaired) electrons. The van der Waals surface area contributed by atoms with Crippen molar-refractivity contribution in [1.29, 1.82) is 0 Å². The van der Waals surface area contributed by atoms with Crippen LogP contribution in [-0.4, -0.2) is 31.7 Å². The van der Waals surface area contributed by atoms with Crippen LogP contribution in [0.3, 0.4) is 0 Å². The standard InChI is InChI=1S/C23H23FN2O3S3/c24-19-5-1-4-8-22(19)32(28,29)26-12-9-18(10-13-26)23(27)25-20-6-2-3-7-21(20)31-16-17-11-14-30-15-17/h1-8,11,14-15,18H,9-10,12-13,16H2,(H,25,27). The number of nitrogens with zero attached hydrogens (tertiary/aromatic N) is 1. The number of sulfonamides is 1. The molecule has 1 N–H and O–H groups in total. The molecule has 0 aliphatic carbocycles. The molecule has 3 aromatic rings. The van der Waals surface area contributed by atoms with Gasteiger partial charge in [-0.2, -0.15) is 15.6 Å². The average molecular weight is 491 g/mol. The summed E-state index contributed by atoms with van der Waals surface area (Å²) in [5, 5.41) is 7.17. The third kappa shape index (κ3) is 5.23. The Hall–Kier alpha value is -2.20. The third-order valence-electron chi connectivity index (χ3n) is 5.40. The van der Waals surface area contributed by atoms with Gasteiger partial charge in [0.05, 0.1) is 5.69 Å². The first-order valence-corrected chi connectivity index (χ1v) is 13.6. The second-order valence-corrected chi connectivity index (χ2v) is 11.2. The minimum atomic E-state index is -3.91. The molecule has 2 aromatic carbocycles. The summed E-state index contributed by atoms with van der Waals surface area (Å²) >= 11 is 3.32. The number of nitrogens with one attached hydrogen (secondary N) is 1. The van der Waals surface area contributed by atoms with E-state index in [0.29, 0.717) is 12.8 Å². The van der Waals surface area contributed by atoms with Crippen molar-refractivity contribution < 1.29 is 17.6 Å². The minimum absolute atomic E-state index is 0.114. The first-order chi connectivity index (χ1) is 15.4. The van der Waals surface area contributed by atoms with E-state index in [1.807, 2.05) is 29.6 Å². The SMILES string of the molecule is O=C(Nc1ccccc1SCc1ccsc1)C1CCN(S(=O)(=O)c2ccccc2F)CC1. The maximum atomic E-state index is 14.0.